The minimum atomic E-state index is -0.404. The minimum absolute atomic E-state index is 0.0365. The number of benzene rings is 2. The van der Waals surface area contributed by atoms with Crippen molar-refractivity contribution >= 4 is 22.7 Å². The molecule has 142 valence electrons. The number of nitrogens with one attached hydrogen (secondary N) is 1. The van der Waals surface area contributed by atoms with Crippen LogP contribution in [0.2, 0.25) is 0 Å². The molecule has 2 aliphatic heterocycles. The largest absolute Gasteiger partial charge is 0.356 e. The van der Waals surface area contributed by atoms with Gasteiger partial charge in [0.25, 0.3) is 0 Å². The number of hydrogen-bond acceptors (Lipinski definition) is 2. The van der Waals surface area contributed by atoms with Gasteiger partial charge < -0.3 is 14.8 Å². The summed E-state index contributed by atoms with van der Waals surface area (Å²) in [5.74, 6) is 0.104. The Bertz CT molecular complexity index is 1060. The van der Waals surface area contributed by atoms with Crippen LogP contribution in [0, 0.1) is 0 Å². The molecule has 1 saturated heterocycles. The van der Waals surface area contributed by atoms with Crippen LogP contribution in [0.1, 0.15) is 29.8 Å². The van der Waals surface area contributed by atoms with Gasteiger partial charge in [0.15, 0.2) is 0 Å². The van der Waals surface area contributed by atoms with Gasteiger partial charge in [-0.15, -0.1) is 0 Å². The summed E-state index contributed by atoms with van der Waals surface area (Å²) in [7, 11) is 0. The van der Waals surface area contributed by atoms with Gasteiger partial charge in [-0.25, -0.2) is 0 Å². The molecule has 0 bridgehead atoms. The van der Waals surface area contributed by atoms with Gasteiger partial charge in [0, 0.05) is 29.6 Å². The van der Waals surface area contributed by atoms with Crippen LogP contribution in [0.4, 0.5) is 0 Å². The van der Waals surface area contributed by atoms with Crippen LogP contribution in [0.5, 0.6) is 0 Å². The number of aromatic nitrogens is 1. The molecule has 5 heteroatoms. The lowest BCUT2D eigenvalue weighted by Crippen LogP contribution is -2.62. The van der Waals surface area contributed by atoms with Crippen molar-refractivity contribution in [3.05, 3.63) is 71.4 Å². The predicted molar refractivity (Wildman–Crippen MR) is 108 cm³/mol. The van der Waals surface area contributed by atoms with Gasteiger partial charge in [0.05, 0.1) is 12.6 Å². The number of fused-ring (bicyclic) bond motifs is 4. The first-order valence-corrected chi connectivity index (χ1v) is 9.87. The Balaban J connectivity index is 1.44. The second kappa shape index (κ2) is 6.51. The highest BCUT2D eigenvalue weighted by atomic mass is 16.2. The topological polar surface area (TPSA) is 56.4 Å². The second-order valence-electron chi connectivity index (χ2n) is 7.76. The number of aromatic amines is 1. The molecule has 2 aliphatic rings. The standard InChI is InChI=1S/C23H23N3O2/c1-15-22-18(17-9-5-6-10-19(17)24-22)13-20-23(28)25(14-21(27)26(15)20)12-11-16-7-3-2-4-8-16/h2-10,15,20,24H,11-14H2,1H3/t15?,20-/m0/s1. The quantitative estimate of drug-likeness (QED) is 0.767. The Morgan fingerprint density at radius 3 is 2.61 bits per heavy atom. The maximum atomic E-state index is 13.3. The molecule has 1 unspecified atom stereocenters. The molecule has 0 spiro atoms. The zero-order chi connectivity index (χ0) is 19.3. The summed E-state index contributed by atoms with van der Waals surface area (Å²) in [4.78, 5) is 33.2. The smallest absolute Gasteiger partial charge is 0.246 e. The highest BCUT2D eigenvalue weighted by molar-refractivity contribution is 5.97. The Kier molecular flexibility index (Phi) is 3.97. The van der Waals surface area contributed by atoms with E-state index in [-0.39, 0.29) is 24.4 Å². The predicted octanol–water partition coefficient (Wildman–Crippen LogP) is 3.07. The number of H-pyrrole nitrogens is 1. The van der Waals surface area contributed by atoms with Crippen molar-refractivity contribution < 1.29 is 9.59 Å². The Morgan fingerprint density at radius 1 is 1.04 bits per heavy atom. The normalized spacial score (nSPS) is 21.8. The number of para-hydroxylation sites is 1. The van der Waals surface area contributed by atoms with E-state index in [0.717, 1.165) is 23.0 Å². The van der Waals surface area contributed by atoms with Crippen LogP contribution in [-0.2, 0) is 22.4 Å². The van der Waals surface area contributed by atoms with Gasteiger partial charge >= 0.3 is 0 Å². The van der Waals surface area contributed by atoms with E-state index in [2.05, 4.69) is 29.2 Å². The van der Waals surface area contributed by atoms with Crippen LogP contribution >= 0.6 is 0 Å². The van der Waals surface area contributed by atoms with Crippen molar-refractivity contribution in [3.8, 4) is 0 Å². The summed E-state index contributed by atoms with van der Waals surface area (Å²) in [6.45, 7) is 2.77. The van der Waals surface area contributed by atoms with Crippen molar-refractivity contribution in [1.29, 1.82) is 0 Å². The number of nitrogens with zero attached hydrogens (tertiary/aromatic N) is 2. The lowest BCUT2D eigenvalue weighted by atomic mass is 9.90. The zero-order valence-corrected chi connectivity index (χ0v) is 15.9. The third-order valence-electron chi connectivity index (χ3n) is 6.14. The highest BCUT2D eigenvalue weighted by Crippen LogP contribution is 2.38. The van der Waals surface area contributed by atoms with Crippen molar-refractivity contribution in [2.24, 2.45) is 0 Å². The third-order valence-corrected chi connectivity index (χ3v) is 6.14. The van der Waals surface area contributed by atoms with E-state index >= 15 is 0 Å². The summed E-state index contributed by atoms with van der Waals surface area (Å²) in [5.41, 5.74) is 4.49. The molecule has 5 rings (SSSR count). The fourth-order valence-electron chi connectivity index (χ4n) is 4.73. The molecule has 3 aromatic rings. The van der Waals surface area contributed by atoms with Crippen LogP contribution < -0.4 is 0 Å². The maximum Gasteiger partial charge on any atom is 0.246 e. The molecule has 5 nitrogen and oxygen atoms in total. The molecule has 1 fully saturated rings. The monoisotopic (exact) mass is 373 g/mol. The van der Waals surface area contributed by atoms with Crippen molar-refractivity contribution in [3.63, 3.8) is 0 Å². The first-order valence-electron chi connectivity index (χ1n) is 9.87. The van der Waals surface area contributed by atoms with E-state index < -0.39 is 6.04 Å². The molecule has 0 radical (unpaired) electrons. The van der Waals surface area contributed by atoms with Crippen LogP contribution in [-0.4, -0.2) is 45.7 Å². The van der Waals surface area contributed by atoms with Gasteiger partial charge in [-0.2, -0.15) is 0 Å². The second-order valence-corrected chi connectivity index (χ2v) is 7.76. The number of hydrogen-bond donors (Lipinski definition) is 1. The number of carbonyl (C=O) groups is 2. The highest BCUT2D eigenvalue weighted by Gasteiger charge is 2.45. The SMILES string of the molecule is CC1c2[nH]c3ccccc3c2C[C@H]2C(=O)N(CCc3ccccc3)CC(=O)N12. The molecule has 28 heavy (non-hydrogen) atoms. The Hall–Kier alpha value is -3.08. The van der Waals surface area contributed by atoms with Gasteiger partial charge in [-0.3, -0.25) is 9.59 Å². The van der Waals surface area contributed by atoms with Crippen LogP contribution in [0.25, 0.3) is 10.9 Å². The molecule has 0 aliphatic carbocycles. The zero-order valence-electron chi connectivity index (χ0n) is 15.9. The summed E-state index contributed by atoms with van der Waals surface area (Å²) >= 11 is 0. The van der Waals surface area contributed by atoms with Gasteiger partial charge in [-0.1, -0.05) is 48.5 Å². The van der Waals surface area contributed by atoms with E-state index in [4.69, 9.17) is 0 Å². The molecule has 3 heterocycles. The lowest BCUT2D eigenvalue weighted by molar-refractivity contribution is -0.159. The molecule has 1 aromatic heterocycles. The number of piperazine rings is 1. The van der Waals surface area contributed by atoms with Gasteiger partial charge in [-0.05, 0) is 30.5 Å². The molecule has 1 N–H and O–H groups in total. The summed E-state index contributed by atoms with van der Waals surface area (Å²) in [5, 5.41) is 1.16. The molecule has 0 saturated carbocycles. The Morgan fingerprint density at radius 2 is 1.79 bits per heavy atom. The van der Waals surface area contributed by atoms with E-state index in [1.807, 2.05) is 37.3 Å². The minimum Gasteiger partial charge on any atom is -0.356 e. The number of amides is 2. The summed E-state index contributed by atoms with van der Waals surface area (Å²) in [6, 6.07) is 17.8. The van der Waals surface area contributed by atoms with Crippen LogP contribution in [0.15, 0.2) is 54.6 Å². The maximum absolute atomic E-state index is 13.3. The van der Waals surface area contributed by atoms with Crippen LogP contribution in [0.3, 0.4) is 0 Å². The third kappa shape index (κ3) is 2.61. The average molecular weight is 373 g/mol. The fourth-order valence-corrected chi connectivity index (χ4v) is 4.73. The molecular formula is C23H23N3O2. The molecule has 2 atom stereocenters. The van der Waals surface area contributed by atoms with Crippen molar-refractivity contribution in [2.75, 3.05) is 13.1 Å². The Labute approximate surface area is 163 Å². The number of rotatable bonds is 3. The summed E-state index contributed by atoms with van der Waals surface area (Å²) < 4.78 is 0. The first-order chi connectivity index (χ1) is 13.6. The van der Waals surface area contributed by atoms with E-state index in [9.17, 15) is 9.59 Å². The van der Waals surface area contributed by atoms with E-state index in [1.54, 1.807) is 9.80 Å². The summed E-state index contributed by atoms with van der Waals surface area (Å²) in [6.07, 6.45) is 1.34. The molecule has 2 amide bonds. The van der Waals surface area contributed by atoms with Crippen molar-refractivity contribution in [1.82, 2.24) is 14.8 Å². The van der Waals surface area contributed by atoms with Crippen molar-refractivity contribution in [2.45, 2.75) is 31.8 Å². The molecule has 2 aromatic carbocycles. The molecular weight excluding hydrogens is 350 g/mol. The fraction of sp³-hybridized carbons (Fsp3) is 0.304. The first kappa shape index (κ1) is 17.0. The lowest BCUT2D eigenvalue weighted by Gasteiger charge is -2.46. The average Bonchev–Trinajstić information content (AvgIpc) is 3.09. The van der Waals surface area contributed by atoms with E-state index in [1.165, 1.54) is 11.1 Å². The number of carbonyl (C=O) groups excluding carboxylic acids is 2. The van der Waals surface area contributed by atoms with E-state index in [0.29, 0.717) is 13.0 Å². The van der Waals surface area contributed by atoms with Gasteiger partial charge in [0.1, 0.15) is 6.04 Å². The van der Waals surface area contributed by atoms with Gasteiger partial charge in [0.2, 0.25) is 11.8 Å².